The van der Waals surface area contributed by atoms with Crippen LogP contribution in [0.1, 0.15) is 28.8 Å². The average Bonchev–Trinajstić information content (AvgIpc) is 2.71. The van der Waals surface area contributed by atoms with E-state index < -0.39 is 15.9 Å². The van der Waals surface area contributed by atoms with Crippen molar-refractivity contribution in [1.82, 2.24) is 5.32 Å². The second-order valence-corrected chi connectivity index (χ2v) is 7.95. The molecule has 0 heterocycles. The van der Waals surface area contributed by atoms with Crippen LogP contribution in [0.2, 0.25) is 0 Å². The van der Waals surface area contributed by atoms with Gasteiger partial charge in [-0.1, -0.05) is 0 Å². The van der Waals surface area contributed by atoms with E-state index in [4.69, 9.17) is 9.29 Å². The van der Waals surface area contributed by atoms with Gasteiger partial charge in [-0.05, 0) is 67.2 Å². The van der Waals surface area contributed by atoms with Crippen molar-refractivity contribution in [1.29, 1.82) is 0 Å². The van der Waals surface area contributed by atoms with E-state index in [2.05, 4.69) is 27.7 Å². The van der Waals surface area contributed by atoms with Crippen molar-refractivity contribution in [2.75, 3.05) is 18.9 Å². The number of aliphatic imine (C=N–C) groups is 1. The molecular weight excluding hydrogens is 428 g/mol. The predicted octanol–water partition coefficient (Wildman–Crippen LogP) is 2.81. The fraction of sp³-hybridized carbons (Fsp3) is 0.250. The third kappa shape index (κ3) is 8.22. The molecule has 10 heteroatoms. The van der Waals surface area contributed by atoms with Gasteiger partial charge in [0.25, 0.3) is 10.1 Å². The first kappa shape index (κ1) is 23.4. The summed E-state index contributed by atoms with van der Waals surface area (Å²) < 4.78 is 35.3. The van der Waals surface area contributed by atoms with E-state index in [1.54, 1.807) is 48.5 Å². The molecule has 0 aliphatic carbocycles. The molecule has 0 fully saturated rings. The zero-order chi connectivity index (χ0) is 22.0. The molecule has 0 aliphatic heterocycles. The summed E-state index contributed by atoms with van der Waals surface area (Å²) in [6, 6.07) is 13.4. The number of ketones is 1. The first-order valence-electron chi connectivity index (χ1n) is 8.96. The predicted molar refractivity (Wildman–Crippen MR) is 115 cm³/mol. The Kier molecular flexibility index (Phi) is 8.82. The first-order chi connectivity index (χ1) is 14.3. The molecule has 0 unspecified atom stereocenters. The number of hydrogen-bond donors (Lipinski definition) is 2. The molecular formula is C20H20N2O6S2. The van der Waals surface area contributed by atoms with Crippen molar-refractivity contribution in [2.45, 2.75) is 12.8 Å². The highest BCUT2D eigenvalue weighted by molar-refractivity contribution is 7.85. The third-order valence-electron chi connectivity index (χ3n) is 3.92. The first-order valence-corrected chi connectivity index (χ1v) is 11.0. The Morgan fingerprint density at radius 2 is 1.67 bits per heavy atom. The monoisotopic (exact) mass is 448 g/mol. The molecule has 30 heavy (non-hydrogen) atoms. The van der Waals surface area contributed by atoms with Crippen LogP contribution in [0.4, 0.5) is 5.69 Å². The summed E-state index contributed by atoms with van der Waals surface area (Å²) in [7, 11) is -4.09. The SMILES string of the molecule is O=C(CCCOc1ccc(C(=O)c2ccc(N=C=S)cc2)cc1)NCCS(=O)(=O)O. The summed E-state index contributed by atoms with van der Waals surface area (Å²) in [4.78, 5) is 27.9. The summed E-state index contributed by atoms with van der Waals surface area (Å²) in [6.45, 7) is 0.136. The molecule has 0 radical (unpaired) electrons. The van der Waals surface area contributed by atoms with Gasteiger partial charge in [0.1, 0.15) is 5.75 Å². The minimum absolute atomic E-state index is 0.138. The quantitative estimate of drug-likeness (QED) is 0.178. The minimum atomic E-state index is -4.09. The maximum atomic E-state index is 12.5. The number of nitrogens with one attached hydrogen (secondary N) is 1. The summed E-state index contributed by atoms with van der Waals surface area (Å²) >= 11 is 4.54. The molecule has 0 saturated heterocycles. The Morgan fingerprint density at radius 1 is 1.07 bits per heavy atom. The highest BCUT2D eigenvalue weighted by atomic mass is 32.2. The van der Waals surface area contributed by atoms with E-state index in [0.29, 0.717) is 29.0 Å². The maximum absolute atomic E-state index is 12.5. The molecule has 0 atom stereocenters. The number of carbonyl (C=O) groups excluding carboxylic acids is 2. The smallest absolute Gasteiger partial charge is 0.266 e. The normalized spacial score (nSPS) is 10.7. The van der Waals surface area contributed by atoms with Gasteiger partial charge >= 0.3 is 0 Å². The number of hydrogen-bond acceptors (Lipinski definition) is 7. The number of thiocarbonyl (C=S) groups is 1. The van der Waals surface area contributed by atoms with Gasteiger partial charge in [0.15, 0.2) is 5.78 Å². The van der Waals surface area contributed by atoms with Crippen LogP contribution < -0.4 is 10.1 Å². The van der Waals surface area contributed by atoms with Crippen LogP contribution >= 0.6 is 12.2 Å². The van der Waals surface area contributed by atoms with Crippen LogP contribution in [-0.2, 0) is 14.9 Å². The Morgan fingerprint density at radius 3 is 2.23 bits per heavy atom. The molecule has 0 saturated carbocycles. The minimum Gasteiger partial charge on any atom is -0.494 e. The van der Waals surface area contributed by atoms with Gasteiger partial charge in [-0.15, -0.1) is 0 Å². The summed E-state index contributed by atoms with van der Waals surface area (Å²) in [5, 5.41) is 4.67. The molecule has 0 aromatic heterocycles. The molecule has 2 N–H and O–H groups in total. The fourth-order valence-corrected chi connectivity index (χ4v) is 2.91. The molecule has 8 nitrogen and oxygen atoms in total. The van der Waals surface area contributed by atoms with Gasteiger partial charge in [0, 0.05) is 24.1 Å². The molecule has 2 rings (SSSR count). The summed E-state index contributed by atoms with van der Waals surface area (Å²) in [5.41, 5.74) is 1.65. The van der Waals surface area contributed by atoms with E-state index >= 15 is 0 Å². The number of amides is 1. The number of carbonyl (C=O) groups is 2. The van der Waals surface area contributed by atoms with Gasteiger partial charge in [0.05, 0.1) is 23.2 Å². The Hall–Kier alpha value is -2.91. The van der Waals surface area contributed by atoms with Crippen LogP contribution in [0, 0.1) is 0 Å². The van der Waals surface area contributed by atoms with E-state index in [9.17, 15) is 18.0 Å². The topological polar surface area (TPSA) is 122 Å². The molecule has 2 aromatic carbocycles. The van der Waals surface area contributed by atoms with E-state index in [1.165, 1.54) is 0 Å². The lowest BCUT2D eigenvalue weighted by atomic mass is 10.0. The molecule has 2 aromatic rings. The van der Waals surface area contributed by atoms with Crippen LogP contribution in [0.25, 0.3) is 0 Å². The van der Waals surface area contributed by atoms with E-state index in [-0.39, 0.29) is 31.3 Å². The van der Waals surface area contributed by atoms with Gasteiger partial charge in [-0.2, -0.15) is 13.4 Å². The lowest BCUT2D eigenvalue weighted by Gasteiger charge is -2.08. The van der Waals surface area contributed by atoms with Crippen LogP contribution in [0.5, 0.6) is 5.75 Å². The lowest BCUT2D eigenvalue weighted by Crippen LogP contribution is -2.28. The van der Waals surface area contributed by atoms with Gasteiger partial charge in [-0.25, -0.2) is 0 Å². The Bertz CT molecular complexity index is 1030. The highest BCUT2D eigenvalue weighted by Crippen LogP contribution is 2.18. The van der Waals surface area contributed by atoms with Gasteiger partial charge in [0.2, 0.25) is 5.91 Å². The largest absolute Gasteiger partial charge is 0.494 e. The van der Waals surface area contributed by atoms with Crippen molar-refractivity contribution in [2.24, 2.45) is 4.99 Å². The summed E-state index contributed by atoms with van der Waals surface area (Å²) in [5.74, 6) is -0.429. The maximum Gasteiger partial charge on any atom is 0.266 e. The standard InChI is InChI=1S/C20H20N2O6S2/c23-19(21-11-13-30(25,26)27)2-1-12-28-18-9-5-16(6-10-18)20(24)15-3-7-17(8-4-15)22-14-29/h3-10H,1-2,11-13H2,(H,21,23)(H,25,26,27). The van der Waals surface area contributed by atoms with Crippen molar-refractivity contribution in [3.63, 3.8) is 0 Å². The third-order valence-corrected chi connectivity index (χ3v) is 4.73. The number of isothiocyanates is 1. The van der Waals surface area contributed by atoms with Crippen molar-refractivity contribution >= 4 is 44.9 Å². The van der Waals surface area contributed by atoms with E-state index in [1.807, 2.05) is 0 Å². The lowest BCUT2D eigenvalue weighted by molar-refractivity contribution is -0.121. The van der Waals surface area contributed by atoms with Crippen LogP contribution in [0.15, 0.2) is 53.5 Å². The van der Waals surface area contributed by atoms with Crippen LogP contribution in [-0.4, -0.2) is 48.7 Å². The number of nitrogens with zero attached hydrogens (tertiary/aromatic N) is 1. The zero-order valence-corrected chi connectivity index (χ0v) is 17.5. The Balaban J connectivity index is 1.77. The highest BCUT2D eigenvalue weighted by Gasteiger charge is 2.10. The van der Waals surface area contributed by atoms with Crippen molar-refractivity contribution in [3.8, 4) is 5.75 Å². The van der Waals surface area contributed by atoms with Crippen molar-refractivity contribution < 1.29 is 27.3 Å². The Labute approximate surface area is 179 Å². The molecule has 1 amide bonds. The second kappa shape index (κ2) is 11.3. The average molecular weight is 449 g/mol. The number of ether oxygens (including phenoxy) is 1. The molecule has 0 aliphatic rings. The van der Waals surface area contributed by atoms with Crippen molar-refractivity contribution in [3.05, 3.63) is 59.7 Å². The molecule has 0 spiro atoms. The van der Waals surface area contributed by atoms with Gasteiger partial charge < -0.3 is 10.1 Å². The summed E-state index contributed by atoms with van der Waals surface area (Å²) in [6.07, 6.45) is 0.584. The zero-order valence-electron chi connectivity index (χ0n) is 15.9. The fourth-order valence-electron chi connectivity index (χ4n) is 2.44. The molecule has 0 bridgehead atoms. The molecule has 158 valence electrons. The second-order valence-electron chi connectivity index (χ2n) is 6.19. The van der Waals surface area contributed by atoms with Crippen LogP contribution in [0.3, 0.4) is 0 Å². The van der Waals surface area contributed by atoms with E-state index in [0.717, 1.165) is 0 Å². The van der Waals surface area contributed by atoms with Gasteiger partial charge in [-0.3, -0.25) is 14.1 Å². The number of rotatable bonds is 11. The number of benzene rings is 2.